The zero-order valence-corrected chi connectivity index (χ0v) is 17.6. The summed E-state index contributed by atoms with van der Waals surface area (Å²) >= 11 is 6.04. The average molecular weight is 408 g/mol. The van der Waals surface area contributed by atoms with E-state index in [-0.39, 0.29) is 5.91 Å². The van der Waals surface area contributed by atoms with Gasteiger partial charge in [0, 0.05) is 11.6 Å². The lowest BCUT2D eigenvalue weighted by molar-refractivity contribution is -0.128. The number of hydrogen-bond acceptors (Lipinski definition) is 5. The second kappa shape index (κ2) is 10.1. The molecule has 0 fully saturated rings. The van der Waals surface area contributed by atoms with Gasteiger partial charge in [0.25, 0.3) is 5.91 Å². The zero-order valence-electron chi connectivity index (χ0n) is 16.8. The summed E-state index contributed by atoms with van der Waals surface area (Å²) in [4.78, 5) is 12.6. The molecule has 0 spiro atoms. The second-order valence-electron chi connectivity index (χ2n) is 6.18. The smallest absolute Gasteiger partial charge is 0.261 e. The van der Waals surface area contributed by atoms with Crippen LogP contribution in [0.1, 0.15) is 24.5 Å². The van der Waals surface area contributed by atoms with Crippen molar-refractivity contribution in [3.05, 3.63) is 46.5 Å². The molecule has 0 unspecified atom stereocenters. The van der Waals surface area contributed by atoms with Crippen LogP contribution in [-0.4, -0.2) is 33.3 Å². The Morgan fingerprint density at radius 1 is 1.07 bits per heavy atom. The average Bonchev–Trinajstić information content (AvgIpc) is 2.71. The number of benzene rings is 2. The van der Waals surface area contributed by atoms with Crippen LogP contribution in [0.4, 0.5) is 0 Å². The maximum atomic E-state index is 12.6. The number of rotatable bonds is 9. The lowest BCUT2D eigenvalue weighted by Crippen LogP contribution is -2.37. The molecular formula is C21H26ClNO5. The van der Waals surface area contributed by atoms with Crippen LogP contribution in [0.25, 0.3) is 0 Å². The monoisotopic (exact) mass is 407 g/mol. The Hall–Kier alpha value is -2.60. The van der Waals surface area contributed by atoms with E-state index in [1.165, 1.54) is 0 Å². The molecule has 1 amide bonds. The first kappa shape index (κ1) is 21.7. The van der Waals surface area contributed by atoms with Gasteiger partial charge in [0.05, 0.1) is 21.3 Å². The van der Waals surface area contributed by atoms with Crippen LogP contribution in [0.15, 0.2) is 30.3 Å². The number of nitrogens with one attached hydrogen (secondary N) is 1. The standard InChI is InChI=1S/C21H26ClNO5/c1-6-17(28-15-7-8-16(22)13(2)9-15)21(24)23-12-14-10-18(25-3)20(27-5)19(11-14)26-4/h7-11,17H,6,12H2,1-5H3,(H,23,24)/t17-/m0/s1. The van der Waals surface area contributed by atoms with Crippen LogP contribution in [0.5, 0.6) is 23.0 Å². The van der Waals surface area contributed by atoms with Gasteiger partial charge in [-0.05, 0) is 54.8 Å². The minimum Gasteiger partial charge on any atom is -0.493 e. The first-order valence-electron chi connectivity index (χ1n) is 8.92. The van der Waals surface area contributed by atoms with Crippen molar-refractivity contribution in [3.63, 3.8) is 0 Å². The summed E-state index contributed by atoms with van der Waals surface area (Å²) in [6.07, 6.45) is -0.0782. The Bertz CT molecular complexity index is 799. The van der Waals surface area contributed by atoms with E-state index in [2.05, 4.69) is 5.32 Å². The summed E-state index contributed by atoms with van der Waals surface area (Å²) < 4.78 is 21.8. The molecule has 2 aromatic rings. The van der Waals surface area contributed by atoms with Gasteiger partial charge in [-0.3, -0.25) is 4.79 Å². The van der Waals surface area contributed by atoms with Crippen molar-refractivity contribution in [1.29, 1.82) is 0 Å². The fourth-order valence-electron chi connectivity index (χ4n) is 2.72. The molecule has 0 aromatic heterocycles. The number of hydrogen-bond donors (Lipinski definition) is 1. The van der Waals surface area contributed by atoms with E-state index < -0.39 is 6.10 Å². The Morgan fingerprint density at radius 3 is 2.21 bits per heavy atom. The van der Waals surface area contributed by atoms with Crippen molar-refractivity contribution >= 4 is 17.5 Å². The SMILES string of the molecule is CC[C@H](Oc1ccc(Cl)c(C)c1)C(=O)NCc1cc(OC)c(OC)c(OC)c1. The number of carbonyl (C=O) groups excluding carboxylic acids is 1. The van der Waals surface area contributed by atoms with Crippen LogP contribution in [0.3, 0.4) is 0 Å². The zero-order chi connectivity index (χ0) is 20.7. The van der Waals surface area contributed by atoms with E-state index >= 15 is 0 Å². The van der Waals surface area contributed by atoms with Gasteiger partial charge in [-0.1, -0.05) is 18.5 Å². The molecule has 2 aromatic carbocycles. The molecule has 1 N–H and O–H groups in total. The molecule has 0 radical (unpaired) electrons. The fourth-order valence-corrected chi connectivity index (χ4v) is 2.84. The third kappa shape index (κ3) is 5.23. The second-order valence-corrected chi connectivity index (χ2v) is 6.58. The highest BCUT2D eigenvalue weighted by Gasteiger charge is 2.19. The number of aryl methyl sites for hydroxylation is 1. The number of methoxy groups -OCH3 is 3. The lowest BCUT2D eigenvalue weighted by atomic mass is 10.1. The van der Waals surface area contributed by atoms with Gasteiger partial charge >= 0.3 is 0 Å². The van der Waals surface area contributed by atoms with Gasteiger partial charge in [-0.15, -0.1) is 0 Å². The molecule has 2 rings (SSSR count). The highest BCUT2D eigenvalue weighted by atomic mass is 35.5. The van der Waals surface area contributed by atoms with Crippen molar-refractivity contribution in [1.82, 2.24) is 5.32 Å². The van der Waals surface area contributed by atoms with E-state index in [4.69, 9.17) is 30.5 Å². The predicted octanol–water partition coefficient (Wildman–Crippen LogP) is 4.15. The number of ether oxygens (including phenoxy) is 4. The molecule has 0 heterocycles. The van der Waals surface area contributed by atoms with Gasteiger partial charge in [0.1, 0.15) is 5.75 Å². The minimum absolute atomic E-state index is 0.205. The van der Waals surface area contributed by atoms with Gasteiger partial charge in [-0.25, -0.2) is 0 Å². The molecule has 1 atom stereocenters. The summed E-state index contributed by atoms with van der Waals surface area (Å²) in [6, 6.07) is 8.92. The molecule has 152 valence electrons. The molecule has 6 nitrogen and oxygen atoms in total. The van der Waals surface area contributed by atoms with Gasteiger partial charge in [0.15, 0.2) is 17.6 Å². The number of halogens is 1. The molecule has 28 heavy (non-hydrogen) atoms. The summed E-state index contributed by atoms with van der Waals surface area (Å²) in [7, 11) is 4.65. The molecule has 0 aliphatic rings. The maximum Gasteiger partial charge on any atom is 0.261 e. The van der Waals surface area contributed by atoms with E-state index in [9.17, 15) is 4.79 Å². The largest absolute Gasteiger partial charge is 0.493 e. The van der Waals surface area contributed by atoms with Crippen molar-refractivity contribution in [3.8, 4) is 23.0 Å². The molecular weight excluding hydrogens is 382 g/mol. The van der Waals surface area contributed by atoms with Crippen molar-refractivity contribution in [2.45, 2.75) is 32.9 Å². The van der Waals surface area contributed by atoms with Crippen LogP contribution in [0.2, 0.25) is 5.02 Å². The highest BCUT2D eigenvalue weighted by Crippen LogP contribution is 2.38. The Morgan fingerprint density at radius 2 is 1.71 bits per heavy atom. The fraction of sp³-hybridized carbons (Fsp3) is 0.381. The maximum absolute atomic E-state index is 12.6. The summed E-state index contributed by atoms with van der Waals surface area (Å²) in [6.45, 7) is 4.09. The lowest BCUT2D eigenvalue weighted by Gasteiger charge is -2.18. The van der Waals surface area contributed by atoms with Crippen molar-refractivity contribution in [2.75, 3.05) is 21.3 Å². The summed E-state index contributed by atoms with van der Waals surface area (Å²) in [5.41, 5.74) is 1.71. The van der Waals surface area contributed by atoms with E-state index in [1.807, 2.05) is 19.9 Å². The van der Waals surface area contributed by atoms with Crippen molar-refractivity contribution in [2.24, 2.45) is 0 Å². The predicted molar refractivity (Wildman–Crippen MR) is 109 cm³/mol. The molecule has 0 aliphatic heterocycles. The van der Waals surface area contributed by atoms with Gasteiger partial charge < -0.3 is 24.3 Å². The first-order valence-corrected chi connectivity index (χ1v) is 9.30. The third-order valence-electron chi connectivity index (χ3n) is 4.26. The Balaban J connectivity index is 2.07. The third-order valence-corrected chi connectivity index (χ3v) is 4.69. The normalized spacial score (nSPS) is 11.5. The summed E-state index contributed by atoms with van der Waals surface area (Å²) in [5.74, 6) is 1.98. The van der Waals surface area contributed by atoms with E-state index in [0.29, 0.717) is 41.0 Å². The Labute approximate surface area is 170 Å². The topological polar surface area (TPSA) is 66.0 Å². The summed E-state index contributed by atoms with van der Waals surface area (Å²) in [5, 5.41) is 3.55. The molecule has 0 saturated heterocycles. The Kier molecular flexibility index (Phi) is 7.81. The van der Waals surface area contributed by atoms with Crippen LogP contribution in [-0.2, 0) is 11.3 Å². The van der Waals surface area contributed by atoms with Crippen LogP contribution >= 0.6 is 11.6 Å². The molecule has 7 heteroatoms. The number of amides is 1. The minimum atomic E-state index is -0.609. The molecule has 0 saturated carbocycles. The number of carbonyl (C=O) groups is 1. The van der Waals surface area contributed by atoms with Crippen LogP contribution < -0.4 is 24.3 Å². The van der Waals surface area contributed by atoms with E-state index in [1.54, 1.807) is 45.6 Å². The van der Waals surface area contributed by atoms with Crippen LogP contribution in [0, 0.1) is 6.92 Å². The van der Waals surface area contributed by atoms with E-state index in [0.717, 1.165) is 11.1 Å². The quantitative estimate of drug-likeness (QED) is 0.676. The van der Waals surface area contributed by atoms with Crippen molar-refractivity contribution < 1.29 is 23.7 Å². The van der Waals surface area contributed by atoms with Gasteiger partial charge in [0.2, 0.25) is 5.75 Å². The molecule has 0 bridgehead atoms. The highest BCUT2D eigenvalue weighted by molar-refractivity contribution is 6.31. The first-order chi connectivity index (χ1) is 13.4. The van der Waals surface area contributed by atoms with Gasteiger partial charge in [-0.2, -0.15) is 0 Å². The molecule has 0 aliphatic carbocycles.